The number of aryl methyl sites for hydroxylation is 1. The molecule has 8 heteroatoms. The Labute approximate surface area is 198 Å². The van der Waals surface area contributed by atoms with Gasteiger partial charge >= 0.3 is 0 Å². The molecule has 0 unspecified atom stereocenters. The Balaban J connectivity index is 1.61. The third-order valence-corrected chi connectivity index (χ3v) is 8.45. The number of hydrogen-bond donors (Lipinski definition) is 1. The van der Waals surface area contributed by atoms with Crippen LogP contribution in [0.4, 0.5) is 11.4 Å². The first-order chi connectivity index (χ1) is 15.3. The lowest BCUT2D eigenvalue weighted by Gasteiger charge is -2.24. The van der Waals surface area contributed by atoms with E-state index in [1.165, 1.54) is 23.5 Å². The lowest BCUT2D eigenvalue weighted by atomic mass is 9.95. The predicted molar refractivity (Wildman–Crippen MR) is 132 cm³/mol. The first kappa shape index (κ1) is 22.8. The van der Waals surface area contributed by atoms with E-state index in [9.17, 15) is 13.2 Å². The summed E-state index contributed by atoms with van der Waals surface area (Å²) in [5.74, 6) is -0.119. The standard InChI is InChI=1S/C24H25ClN2O3S2/c1-16-14-20(25)23(27-11-6-7-12-27)17(2)19(16)15-22(28)24-21(10-13-31-24)26-32(29,30)18-8-4-3-5-9-18/h3-5,8-10,13-14,26H,6-7,11-12,15H2,1-2H3. The van der Waals surface area contributed by atoms with Crippen LogP contribution in [-0.4, -0.2) is 27.3 Å². The topological polar surface area (TPSA) is 66.5 Å². The number of hydrogen-bond acceptors (Lipinski definition) is 5. The van der Waals surface area contributed by atoms with Crippen LogP contribution in [0.2, 0.25) is 5.02 Å². The van der Waals surface area contributed by atoms with Crippen LogP contribution in [0.15, 0.2) is 52.7 Å². The maximum atomic E-state index is 13.3. The van der Waals surface area contributed by atoms with Gasteiger partial charge in [0.15, 0.2) is 5.78 Å². The van der Waals surface area contributed by atoms with Crippen molar-refractivity contribution in [3.05, 3.63) is 74.4 Å². The molecule has 5 nitrogen and oxygen atoms in total. The molecule has 0 amide bonds. The molecule has 1 saturated heterocycles. The van der Waals surface area contributed by atoms with Crippen molar-refractivity contribution < 1.29 is 13.2 Å². The molecule has 0 bridgehead atoms. The Kier molecular flexibility index (Phi) is 6.60. The van der Waals surface area contributed by atoms with Gasteiger partial charge in [0.05, 0.1) is 26.2 Å². The Morgan fingerprint density at radius 1 is 1.12 bits per heavy atom. The van der Waals surface area contributed by atoms with Gasteiger partial charge in [0.25, 0.3) is 10.0 Å². The summed E-state index contributed by atoms with van der Waals surface area (Å²) in [7, 11) is -3.77. The molecule has 1 fully saturated rings. The third kappa shape index (κ3) is 4.56. The Morgan fingerprint density at radius 2 is 1.81 bits per heavy atom. The van der Waals surface area contributed by atoms with E-state index in [1.54, 1.807) is 29.6 Å². The summed E-state index contributed by atoms with van der Waals surface area (Å²) in [6, 6.07) is 11.7. The molecule has 0 aliphatic carbocycles. The minimum absolute atomic E-state index is 0.119. The lowest BCUT2D eigenvalue weighted by Crippen LogP contribution is -2.20. The highest BCUT2D eigenvalue weighted by atomic mass is 35.5. The van der Waals surface area contributed by atoms with Gasteiger partial charge in [-0.25, -0.2) is 8.42 Å². The number of nitrogens with zero attached hydrogens (tertiary/aromatic N) is 1. The molecule has 4 rings (SSSR count). The maximum Gasteiger partial charge on any atom is 0.261 e. The first-order valence-corrected chi connectivity index (χ1v) is 13.2. The van der Waals surface area contributed by atoms with Gasteiger partial charge in [-0.2, -0.15) is 0 Å². The zero-order valence-corrected chi connectivity index (χ0v) is 20.4. The largest absolute Gasteiger partial charge is 0.370 e. The molecule has 0 atom stereocenters. The van der Waals surface area contributed by atoms with E-state index in [0.717, 1.165) is 48.3 Å². The highest BCUT2D eigenvalue weighted by Gasteiger charge is 2.24. The van der Waals surface area contributed by atoms with Crippen molar-refractivity contribution in [2.45, 2.75) is 38.0 Å². The molecule has 1 aromatic heterocycles. The normalized spacial score (nSPS) is 14.0. The van der Waals surface area contributed by atoms with Crippen molar-refractivity contribution >= 4 is 50.1 Å². The van der Waals surface area contributed by atoms with Crippen LogP contribution in [0.3, 0.4) is 0 Å². The molecule has 2 heterocycles. The van der Waals surface area contributed by atoms with Gasteiger partial charge in [0.2, 0.25) is 0 Å². The van der Waals surface area contributed by atoms with Gasteiger partial charge in [-0.05, 0) is 73.0 Å². The number of carbonyl (C=O) groups excluding carboxylic acids is 1. The van der Waals surface area contributed by atoms with Crippen LogP contribution in [0.25, 0.3) is 0 Å². The molecular weight excluding hydrogens is 464 g/mol. The first-order valence-electron chi connectivity index (χ1n) is 10.5. The van der Waals surface area contributed by atoms with Crippen molar-refractivity contribution in [3.8, 4) is 0 Å². The van der Waals surface area contributed by atoms with Crippen molar-refractivity contribution in [1.29, 1.82) is 0 Å². The number of sulfonamides is 1. The van der Waals surface area contributed by atoms with Crippen molar-refractivity contribution in [2.24, 2.45) is 0 Å². The molecule has 0 saturated carbocycles. The molecule has 32 heavy (non-hydrogen) atoms. The van der Waals surface area contributed by atoms with Crippen LogP contribution in [0.1, 0.15) is 39.2 Å². The molecule has 1 N–H and O–H groups in total. The average molecular weight is 489 g/mol. The third-order valence-electron chi connectivity index (χ3n) is 5.83. The van der Waals surface area contributed by atoms with E-state index in [2.05, 4.69) is 9.62 Å². The van der Waals surface area contributed by atoms with E-state index in [1.807, 2.05) is 19.9 Å². The van der Waals surface area contributed by atoms with Gasteiger partial charge in [0.1, 0.15) is 0 Å². The number of anilines is 2. The minimum atomic E-state index is -3.77. The second-order valence-corrected chi connectivity index (χ2v) is 11.0. The monoisotopic (exact) mass is 488 g/mol. The van der Waals surface area contributed by atoms with Gasteiger partial charge in [-0.15, -0.1) is 11.3 Å². The van der Waals surface area contributed by atoms with E-state index in [-0.39, 0.29) is 17.1 Å². The Morgan fingerprint density at radius 3 is 2.50 bits per heavy atom. The van der Waals surface area contributed by atoms with Crippen LogP contribution in [0, 0.1) is 13.8 Å². The highest BCUT2D eigenvalue weighted by molar-refractivity contribution is 7.92. The summed E-state index contributed by atoms with van der Waals surface area (Å²) in [6.45, 7) is 5.91. The minimum Gasteiger partial charge on any atom is -0.370 e. The van der Waals surface area contributed by atoms with Gasteiger partial charge in [-0.1, -0.05) is 29.8 Å². The predicted octanol–water partition coefficient (Wildman–Crippen LogP) is 5.84. The van der Waals surface area contributed by atoms with Crippen molar-refractivity contribution in [3.63, 3.8) is 0 Å². The summed E-state index contributed by atoms with van der Waals surface area (Å²) in [5.41, 5.74) is 4.26. The zero-order valence-electron chi connectivity index (χ0n) is 18.0. The SMILES string of the molecule is Cc1cc(Cl)c(N2CCCC2)c(C)c1CC(=O)c1sccc1NS(=O)(=O)c1ccccc1. The quantitative estimate of drug-likeness (QED) is 0.424. The van der Waals surface area contributed by atoms with Crippen LogP contribution >= 0.6 is 22.9 Å². The molecule has 1 aliphatic heterocycles. The number of thiophene rings is 1. The van der Waals surface area contributed by atoms with Crippen molar-refractivity contribution in [2.75, 3.05) is 22.7 Å². The van der Waals surface area contributed by atoms with E-state index in [4.69, 9.17) is 11.6 Å². The molecular formula is C24H25ClN2O3S2. The molecule has 3 aromatic rings. The Hall–Kier alpha value is -2.35. The second kappa shape index (κ2) is 9.25. The molecule has 1 aliphatic rings. The van der Waals surface area contributed by atoms with E-state index in [0.29, 0.717) is 15.6 Å². The molecule has 0 radical (unpaired) electrons. The van der Waals surface area contributed by atoms with E-state index >= 15 is 0 Å². The van der Waals surface area contributed by atoms with Crippen LogP contribution in [0.5, 0.6) is 0 Å². The van der Waals surface area contributed by atoms with Gasteiger partial charge < -0.3 is 4.90 Å². The fourth-order valence-corrected chi connectivity index (χ4v) is 6.59. The fourth-order valence-electron chi connectivity index (χ4n) is 4.21. The Bertz CT molecular complexity index is 1250. The van der Waals surface area contributed by atoms with Crippen LogP contribution in [-0.2, 0) is 16.4 Å². The number of ketones is 1. The van der Waals surface area contributed by atoms with Gasteiger partial charge in [-0.3, -0.25) is 9.52 Å². The number of carbonyl (C=O) groups is 1. The number of Topliss-reactive ketones (excluding diaryl/α,β-unsaturated/α-hetero) is 1. The fraction of sp³-hybridized carbons (Fsp3) is 0.292. The summed E-state index contributed by atoms with van der Waals surface area (Å²) in [5, 5.41) is 2.44. The van der Waals surface area contributed by atoms with E-state index < -0.39 is 10.0 Å². The highest BCUT2D eigenvalue weighted by Crippen LogP contribution is 2.37. The number of rotatable bonds is 7. The number of halogens is 1. The number of nitrogens with one attached hydrogen (secondary N) is 1. The second-order valence-electron chi connectivity index (χ2n) is 8.00. The number of benzene rings is 2. The summed E-state index contributed by atoms with van der Waals surface area (Å²) in [4.78, 5) is 16.1. The van der Waals surface area contributed by atoms with Crippen LogP contribution < -0.4 is 9.62 Å². The van der Waals surface area contributed by atoms with Crippen molar-refractivity contribution in [1.82, 2.24) is 0 Å². The summed E-state index contributed by atoms with van der Waals surface area (Å²) >= 11 is 7.82. The molecule has 168 valence electrons. The smallest absolute Gasteiger partial charge is 0.261 e. The zero-order chi connectivity index (χ0) is 22.9. The summed E-state index contributed by atoms with van der Waals surface area (Å²) in [6.07, 6.45) is 2.46. The summed E-state index contributed by atoms with van der Waals surface area (Å²) < 4.78 is 28.0. The average Bonchev–Trinajstić information content (AvgIpc) is 3.44. The molecule has 0 spiro atoms. The van der Waals surface area contributed by atoms with Gasteiger partial charge in [0, 0.05) is 19.5 Å². The lowest BCUT2D eigenvalue weighted by molar-refractivity contribution is 0.0997. The molecule has 2 aromatic carbocycles. The maximum absolute atomic E-state index is 13.3.